The highest BCUT2D eigenvalue weighted by molar-refractivity contribution is 7.92. The number of sulfonamides is 1. The molecule has 6 nitrogen and oxygen atoms in total. The standard InChI is InChI=1S/C10H22N2O4S2/c1-3-4-11-5-7-18(15,16)12-6-8-17(13,14)9-10(12)2/h10-11H,3-9H2,1-2H3. The van der Waals surface area contributed by atoms with E-state index in [9.17, 15) is 16.8 Å². The van der Waals surface area contributed by atoms with E-state index < -0.39 is 25.9 Å². The Kier molecular flexibility index (Phi) is 5.57. The summed E-state index contributed by atoms with van der Waals surface area (Å²) < 4.78 is 48.2. The van der Waals surface area contributed by atoms with Crippen LogP contribution in [0.2, 0.25) is 0 Å². The molecule has 1 heterocycles. The third kappa shape index (κ3) is 4.49. The first-order valence-electron chi connectivity index (χ1n) is 6.19. The van der Waals surface area contributed by atoms with Gasteiger partial charge in [0, 0.05) is 19.1 Å². The van der Waals surface area contributed by atoms with Gasteiger partial charge in [0.15, 0.2) is 9.84 Å². The van der Waals surface area contributed by atoms with Crippen molar-refractivity contribution in [1.82, 2.24) is 9.62 Å². The molecular formula is C10H22N2O4S2. The molecule has 0 aliphatic carbocycles. The monoisotopic (exact) mass is 298 g/mol. The Bertz CT molecular complexity index is 458. The topological polar surface area (TPSA) is 83.6 Å². The van der Waals surface area contributed by atoms with E-state index in [0.29, 0.717) is 6.54 Å². The first kappa shape index (κ1) is 15.9. The molecule has 1 N–H and O–H groups in total. The summed E-state index contributed by atoms with van der Waals surface area (Å²) in [5.41, 5.74) is 0. The largest absolute Gasteiger partial charge is 0.316 e. The van der Waals surface area contributed by atoms with Crippen molar-refractivity contribution < 1.29 is 16.8 Å². The number of sulfone groups is 1. The van der Waals surface area contributed by atoms with Crippen LogP contribution in [0.3, 0.4) is 0 Å². The Labute approximate surface area is 110 Å². The van der Waals surface area contributed by atoms with E-state index in [1.54, 1.807) is 6.92 Å². The van der Waals surface area contributed by atoms with Gasteiger partial charge in [-0.3, -0.25) is 0 Å². The van der Waals surface area contributed by atoms with Crippen molar-refractivity contribution >= 4 is 19.9 Å². The molecule has 1 fully saturated rings. The van der Waals surface area contributed by atoms with Crippen molar-refractivity contribution in [3.05, 3.63) is 0 Å². The summed E-state index contributed by atoms with van der Waals surface area (Å²) in [7, 11) is -6.43. The van der Waals surface area contributed by atoms with Crippen LogP contribution in [0.1, 0.15) is 20.3 Å². The first-order valence-corrected chi connectivity index (χ1v) is 9.62. The molecule has 18 heavy (non-hydrogen) atoms. The van der Waals surface area contributed by atoms with Crippen molar-refractivity contribution in [3.63, 3.8) is 0 Å². The highest BCUT2D eigenvalue weighted by Gasteiger charge is 2.35. The van der Waals surface area contributed by atoms with Crippen LogP contribution in [0.25, 0.3) is 0 Å². The Morgan fingerprint density at radius 2 is 2.00 bits per heavy atom. The number of hydrogen-bond donors (Lipinski definition) is 1. The lowest BCUT2D eigenvalue weighted by molar-refractivity contribution is 0.356. The number of nitrogens with zero attached hydrogens (tertiary/aromatic N) is 1. The molecule has 1 rings (SSSR count). The van der Waals surface area contributed by atoms with Crippen LogP contribution >= 0.6 is 0 Å². The van der Waals surface area contributed by atoms with Gasteiger partial charge in [-0.05, 0) is 19.9 Å². The molecule has 0 saturated carbocycles. The highest BCUT2D eigenvalue weighted by atomic mass is 32.2. The number of hydrogen-bond acceptors (Lipinski definition) is 5. The van der Waals surface area contributed by atoms with Gasteiger partial charge in [0.1, 0.15) is 0 Å². The second-order valence-corrected chi connectivity index (χ2v) is 8.91. The van der Waals surface area contributed by atoms with Crippen molar-refractivity contribution in [3.8, 4) is 0 Å². The highest BCUT2D eigenvalue weighted by Crippen LogP contribution is 2.15. The van der Waals surface area contributed by atoms with E-state index in [-0.39, 0.29) is 23.8 Å². The van der Waals surface area contributed by atoms with Crippen LogP contribution in [-0.4, -0.2) is 64.1 Å². The minimum absolute atomic E-state index is 0.0252. The van der Waals surface area contributed by atoms with E-state index in [1.807, 2.05) is 6.92 Å². The molecule has 0 amide bonds. The molecule has 1 atom stereocenters. The fourth-order valence-corrected chi connectivity index (χ4v) is 5.41. The second-order valence-electron chi connectivity index (χ2n) is 4.64. The zero-order valence-electron chi connectivity index (χ0n) is 10.9. The quantitative estimate of drug-likeness (QED) is 0.664. The summed E-state index contributed by atoms with van der Waals surface area (Å²) in [6, 6.07) is -0.458. The molecule has 1 unspecified atom stereocenters. The van der Waals surface area contributed by atoms with Crippen molar-refractivity contribution in [2.45, 2.75) is 26.3 Å². The van der Waals surface area contributed by atoms with Gasteiger partial charge in [-0.1, -0.05) is 6.92 Å². The van der Waals surface area contributed by atoms with Gasteiger partial charge >= 0.3 is 0 Å². The summed E-state index contributed by atoms with van der Waals surface area (Å²) in [4.78, 5) is 0. The molecule has 0 aromatic carbocycles. The Balaban J connectivity index is 2.58. The van der Waals surface area contributed by atoms with Gasteiger partial charge in [-0.15, -0.1) is 0 Å². The van der Waals surface area contributed by atoms with Gasteiger partial charge in [-0.25, -0.2) is 16.8 Å². The van der Waals surface area contributed by atoms with Crippen LogP contribution in [0.4, 0.5) is 0 Å². The molecular weight excluding hydrogens is 276 g/mol. The molecule has 0 spiro atoms. The maximum absolute atomic E-state index is 12.1. The number of rotatable bonds is 6. The van der Waals surface area contributed by atoms with Crippen molar-refractivity contribution in [2.24, 2.45) is 0 Å². The van der Waals surface area contributed by atoms with E-state index in [2.05, 4.69) is 5.32 Å². The normalized spacial score (nSPS) is 25.1. The fraction of sp³-hybridized carbons (Fsp3) is 1.00. The first-order chi connectivity index (χ1) is 8.28. The third-order valence-corrected chi connectivity index (χ3v) is 6.70. The zero-order chi connectivity index (χ0) is 13.8. The van der Waals surface area contributed by atoms with Crippen molar-refractivity contribution in [1.29, 1.82) is 0 Å². The average molecular weight is 298 g/mol. The third-order valence-electron chi connectivity index (χ3n) is 2.93. The van der Waals surface area contributed by atoms with Crippen LogP contribution in [0, 0.1) is 0 Å². The van der Waals surface area contributed by atoms with Crippen LogP contribution in [0.5, 0.6) is 0 Å². The van der Waals surface area contributed by atoms with Crippen molar-refractivity contribution in [2.75, 3.05) is 36.9 Å². The molecule has 108 valence electrons. The second kappa shape index (κ2) is 6.31. The number of nitrogens with one attached hydrogen (secondary N) is 1. The lowest BCUT2D eigenvalue weighted by atomic mass is 10.4. The molecule has 0 aromatic heterocycles. The Morgan fingerprint density at radius 1 is 1.33 bits per heavy atom. The van der Waals surface area contributed by atoms with E-state index in [1.165, 1.54) is 4.31 Å². The predicted octanol–water partition coefficient (Wildman–Crippen LogP) is -0.565. The van der Waals surface area contributed by atoms with Crippen LogP contribution in [-0.2, 0) is 19.9 Å². The fourth-order valence-electron chi connectivity index (χ4n) is 2.02. The predicted molar refractivity (Wildman–Crippen MR) is 71.8 cm³/mol. The maximum Gasteiger partial charge on any atom is 0.215 e. The molecule has 0 bridgehead atoms. The lowest BCUT2D eigenvalue weighted by Gasteiger charge is -2.32. The summed E-state index contributed by atoms with van der Waals surface area (Å²) in [5, 5.41) is 3.04. The zero-order valence-corrected chi connectivity index (χ0v) is 12.6. The van der Waals surface area contributed by atoms with E-state index >= 15 is 0 Å². The Morgan fingerprint density at radius 3 is 2.56 bits per heavy atom. The minimum atomic E-state index is -3.36. The molecule has 0 aromatic rings. The minimum Gasteiger partial charge on any atom is -0.316 e. The average Bonchev–Trinajstić information content (AvgIpc) is 2.22. The molecule has 1 aliphatic rings. The summed E-state index contributed by atoms with van der Waals surface area (Å²) in [6.45, 7) is 4.94. The van der Waals surface area contributed by atoms with E-state index in [4.69, 9.17) is 0 Å². The molecule has 1 saturated heterocycles. The van der Waals surface area contributed by atoms with Gasteiger partial charge in [-0.2, -0.15) is 4.31 Å². The lowest BCUT2D eigenvalue weighted by Crippen LogP contribution is -2.51. The summed E-state index contributed by atoms with van der Waals surface area (Å²) in [6.07, 6.45) is 0.957. The summed E-state index contributed by atoms with van der Waals surface area (Å²) in [5.74, 6) is -0.120. The van der Waals surface area contributed by atoms with Crippen LogP contribution in [0.15, 0.2) is 0 Å². The smallest absolute Gasteiger partial charge is 0.215 e. The van der Waals surface area contributed by atoms with Gasteiger partial charge in [0.25, 0.3) is 0 Å². The van der Waals surface area contributed by atoms with Crippen LogP contribution < -0.4 is 5.32 Å². The summed E-state index contributed by atoms with van der Waals surface area (Å²) >= 11 is 0. The molecule has 8 heteroatoms. The van der Waals surface area contributed by atoms with Gasteiger partial charge in [0.2, 0.25) is 10.0 Å². The van der Waals surface area contributed by atoms with Gasteiger partial charge in [0.05, 0.1) is 17.3 Å². The maximum atomic E-state index is 12.1. The SMILES string of the molecule is CCCNCCS(=O)(=O)N1CCS(=O)(=O)CC1C. The van der Waals surface area contributed by atoms with Gasteiger partial charge < -0.3 is 5.32 Å². The molecule has 1 aliphatic heterocycles. The van der Waals surface area contributed by atoms with E-state index in [0.717, 1.165) is 13.0 Å². The Hall–Kier alpha value is -0.180. The molecule has 0 radical (unpaired) electrons.